The number of hydrogen-bond donors (Lipinski definition) is 3. The van der Waals surface area contributed by atoms with E-state index in [1.54, 1.807) is 6.92 Å². The zero-order valence-electron chi connectivity index (χ0n) is 4.49. The van der Waals surface area contributed by atoms with E-state index in [9.17, 15) is 0 Å². The molecule has 8 heavy (non-hydrogen) atoms. The van der Waals surface area contributed by atoms with E-state index in [0.29, 0.717) is 0 Å². The van der Waals surface area contributed by atoms with Crippen LogP contribution in [0.1, 0.15) is 6.92 Å². The van der Waals surface area contributed by atoms with Gasteiger partial charge in [0.15, 0.2) is 5.96 Å². The first kappa shape index (κ1) is 10.8. The largest absolute Gasteiger partial charge is 0.370 e. The lowest BCUT2D eigenvalue weighted by molar-refractivity contribution is 1.39. The standard InChI is InChI=1S/C2H4Cl2.CH5N3/c1-2(3)4;2-1(3)4/h2H,1H3;(H5,2,3,4). The molecule has 5 heteroatoms. The Hall–Kier alpha value is -0.150. The molecule has 0 aromatic carbocycles. The van der Waals surface area contributed by atoms with Gasteiger partial charge >= 0.3 is 0 Å². The van der Waals surface area contributed by atoms with Crippen molar-refractivity contribution in [2.45, 2.75) is 11.8 Å². The maximum absolute atomic E-state index is 6.06. The highest BCUT2D eigenvalue weighted by molar-refractivity contribution is 6.43. The maximum atomic E-state index is 6.06. The molecule has 0 radical (unpaired) electrons. The van der Waals surface area contributed by atoms with Gasteiger partial charge < -0.3 is 11.5 Å². The number of hydrogen-bond acceptors (Lipinski definition) is 1. The smallest absolute Gasteiger partial charge is 0.183 e. The lowest BCUT2D eigenvalue weighted by atomic mass is 11.0. The Morgan fingerprint density at radius 3 is 1.50 bits per heavy atom. The molecule has 0 aliphatic heterocycles. The lowest BCUT2D eigenvalue weighted by Gasteiger charge is -1.72. The van der Waals surface area contributed by atoms with Crippen LogP contribution in [0, 0.1) is 5.41 Å². The molecule has 0 unspecified atom stereocenters. The van der Waals surface area contributed by atoms with Gasteiger partial charge in [0.1, 0.15) is 4.84 Å². The maximum Gasteiger partial charge on any atom is 0.183 e. The molecule has 0 aromatic rings. The summed E-state index contributed by atoms with van der Waals surface area (Å²) in [5.74, 6) is -0.333. The van der Waals surface area contributed by atoms with Crippen molar-refractivity contribution in [1.82, 2.24) is 0 Å². The third-order valence-corrected chi connectivity index (χ3v) is 0. The second-order valence-corrected chi connectivity index (χ2v) is 2.51. The van der Waals surface area contributed by atoms with Gasteiger partial charge in [-0.15, -0.1) is 23.2 Å². The van der Waals surface area contributed by atoms with Crippen LogP contribution in [0.4, 0.5) is 0 Å². The number of guanidine groups is 1. The van der Waals surface area contributed by atoms with E-state index in [-0.39, 0.29) is 10.8 Å². The van der Waals surface area contributed by atoms with Gasteiger partial charge in [0, 0.05) is 0 Å². The van der Waals surface area contributed by atoms with Gasteiger partial charge in [-0.2, -0.15) is 0 Å². The van der Waals surface area contributed by atoms with Crippen LogP contribution in [-0.4, -0.2) is 10.8 Å². The highest BCUT2D eigenvalue weighted by Crippen LogP contribution is 1.95. The molecule has 0 aliphatic carbocycles. The minimum atomic E-state index is -0.333. The normalized spacial score (nSPS) is 7.50. The first-order valence-electron chi connectivity index (χ1n) is 1.84. The Kier molecular flexibility index (Phi) is 9.22. The average Bonchev–Trinajstić information content (AvgIpc) is 1.25. The molecule has 0 aromatic heterocycles. The molecule has 0 saturated carbocycles. The summed E-state index contributed by atoms with van der Waals surface area (Å²) >= 11 is 10.1. The summed E-state index contributed by atoms with van der Waals surface area (Å²) in [7, 11) is 0. The third-order valence-electron chi connectivity index (χ3n) is 0. The van der Waals surface area contributed by atoms with Crippen LogP contribution >= 0.6 is 23.2 Å². The fraction of sp³-hybridized carbons (Fsp3) is 0.667. The second kappa shape index (κ2) is 6.85. The summed E-state index contributed by atoms with van der Waals surface area (Å²) in [6, 6.07) is 0. The molecule has 0 amide bonds. The Bertz CT molecular complexity index is 56.8. The molecular formula is C3H9Cl2N3. The predicted octanol–water partition coefficient (Wildman–Crippen LogP) is 0.649. The molecule has 0 atom stereocenters. The fourth-order valence-corrected chi connectivity index (χ4v) is 0. The Balaban J connectivity index is 0. The zero-order chi connectivity index (χ0) is 7.15. The number of nitrogens with two attached hydrogens (primary N) is 2. The van der Waals surface area contributed by atoms with E-state index in [0.717, 1.165) is 0 Å². The summed E-state index contributed by atoms with van der Waals surface area (Å²) < 4.78 is 0. The Labute approximate surface area is 58.4 Å². The van der Waals surface area contributed by atoms with Crippen molar-refractivity contribution in [1.29, 1.82) is 5.41 Å². The fourth-order valence-electron chi connectivity index (χ4n) is 0. The number of nitrogens with one attached hydrogen (secondary N) is 1. The highest BCUT2D eigenvalue weighted by atomic mass is 35.5. The molecule has 50 valence electrons. The van der Waals surface area contributed by atoms with Gasteiger partial charge in [-0.05, 0) is 6.92 Å². The number of alkyl halides is 2. The van der Waals surface area contributed by atoms with Gasteiger partial charge in [0.05, 0.1) is 0 Å². The van der Waals surface area contributed by atoms with Gasteiger partial charge in [0.25, 0.3) is 0 Å². The molecule has 0 bridgehead atoms. The van der Waals surface area contributed by atoms with Crippen molar-refractivity contribution in [3.63, 3.8) is 0 Å². The summed E-state index contributed by atoms with van der Waals surface area (Å²) in [5, 5.41) is 6.06. The SMILES string of the molecule is CC(Cl)Cl.N=C(N)N. The molecule has 3 nitrogen and oxygen atoms in total. The highest BCUT2D eigenvalue weighted by Gasteiger charge is 1.75. The molecule has 5 N–H and O–H groups in total. The average molecular weight is 158 g/mol. The molecule has 0 rings (SSSR count). The van der Waals surface area contributed by atoms with Gasteiger partial charge in [0.2, 0.25) is 0 Å². The lowest BCUT2D eigenvalue weighted by Crippen LogP contribution is -2.20. The van der Waals surface area contributed by atoms with E-state index >= 15 is 0 Å². The predicted molar refractivity (Wildman–Crippen MR) is 37.3 cm³/mol. The summed E-state index contributed by atoms with van der Waals surface area (Å²) in [5.41, 5.74) is 8.94. The van der Waals surface area contributed by atoms with Crippen molar-refractivity contribution in [2.75, 3.05) is 0 Å². The first-order chi connectivity index (χ1) is 3.46. The minimum Gasteiger partial charge on any atom is -0.370 e. The quantitative estimate of drug-likeness (QED) is 0.275. The van der Waals surface area contributed by atoms with Crippen LogP contribution < -0.4 is 11.5 Å². The van der Waals surface area contributed by atoms with Crippen LogP contribution in [-0.2, 0) is 0 Å². The monoisotopic (exact) mass is 157 g/mol. The van der Waals surface area contributed by atoms with Crippen LogP contribution in [0.3, 0.4) is 0 Å². The van der Waals surface area contributed by atoms with Crippen molar-refractivity contribution < 1.29 is 0 Å². The van der Waals surface area contributed by atoms with E-state index in [1.807, 2.05) is 0 Å². The molecule has 0 aliphatic rings. The van der Waals surface area contributed by atoms with Gasteiger partial charge in [-0.25, -0.2) is 0 Å². The van der Waals surface area contributed by atoms with Gasteiger partial charge in [-0.1, -0.05) is 0 Å². The minimum absolute atomic E-state index is 0.222. The second-order valence-electron chi connectivity index (χ2n) is 0.974. The molecule has 0 saturated heterocycles. The molecule has 0 heterocycles. The molecule has 0 fully saturated rings. The van der Waals surface area contributed by atoms with Crippen LogP contribution in [0.2, 0.25) is 0 Å². The number of halogens is 2. The van der Waals surface area contributed by atoms with Crippen molar-refractivity contribution >= 4 is 29.2 Å². The van der Waals surface area contributed by atoms with E-state index in [1.165, 1.54) is 0 Å². The first-order valence-corrected chi connectivity index (χ1v) is 2.71. The molecule has 0 spiro atoms. The summed E-state index contributed by atoms with van der Waals surface area (Å²) in [6.07, 6.45) is 0. The third kappa shape index (κ3) is 6120. The number of rotatable bonds is 0. The van der Waals surface area contributed by atoms with Crippen LogP contribution in [0.25, 0.3) is 0 Å². The van der Waals surface area contributed by atoms with E-state index < -0.39 is 0 Å². The molecular weight excluding hydrogens is 149 g/mol. The Morgan fingerprint density at radius 1 is 1.50 bits per heavy atom. The van der Waals surface area contributed by atoms with Crippen molar-refractivity contribution in [2.24, 2.45) is 11.5 Å². The van der Waals surface area contributed by atoms with Crippen LogP contribution in [0.15, 0.2) is 0 Å². The van der Waals surface area contributed by atoms with Crippen molar-refractivity contribution in [3.05, 3.63) is 0 Å². The van der Waals surface area contributed by atoms with Crippen molar-refractivity contribution in [3.8, 4) is 0 Å². The summed E-state index contributed by atoms with van der Waals surface area (Å²) in [4.78, 5) is -0.222. The summed E-state index contributed by atoms with van der Waals surface area (Å²) in [6.45, 7) is 1.70. The zero-order valence-corrected chi connectivity index (χ0v) is 6.00. The van der Waals surface area contributed by atoms with E-state index in [2.05, 4.69) is 11.5 Å². The topological polar surface area (TPSA) is 75.9 Å². The van der Waals surface area contributed by atoms with E-state index in [4.69, 9.17) is 28.6 Å². The Morgan fingerprint density at radius 2 is 1.50 bits per heavy atom. The van der Waals surface area contributed by atoms with Crippen LogP contribution in [0.5, 0.6) is 0 Å². The van der Waals surface area contributed by atoms with Gasteiger partial charge in [-0.3, -0.25) is 5.41 Å².